The molecule has 1 aliphatic carbocycles. The summed E-state index contributed by atoms with van der Waals surface area (Å²) in [4.78, 5) is 11.4. The average Bonchev–Trinajstić information content (AvgIpc) is 2.61. The fourth-order valence-electron chi connectivity index (χ4n) is 1.45. The Morgan fingerprint density at radius 2 is 2.19 bits per heavy atom. The first-order valence-corrected chi connectivity index (χ1v) is 5.90. The molecule has 0 spiro atoms. The van der Waals surface area contributed by atoms with Crippen molar-refractivity contribution in [1.82, 2.24) is 5.32 Å². The smallest absolute Gasteiger partial charge is 0.265 e. The molecule has 2 aliphatic rings. The number of amides is 1. The van der Waals surface area contributed by atoms with Crippen LogP contribution in [0.25, 0.3) is 0 Å². The summed E-state index contributed by atoms with van der Waals surface area (Å²) in [6.07, 6.45) is 3.63. The number of rotatable bonds is 2. The van der Waals surface area contributed by atoms with Crippen LogP contribution in [0, 0.1) is 0 Å². The number of hydrogen-bond acceptors (Lipinski definition) is 2. The maximum Gasteiger partial charge on any atom is 0.265 e. The van der Waals surface area contributed by atoms with E-state index in [1.54, 1.807) is 12.2 Å². The third-order valence-electron chi connectivity index (χ3n) is 2.10. The summed E-state index contributed by atoms with van der Waals surface area (Å²) < 4.78 is 5.47. The van der Waals surface area contributed by atoms with Gasteiger partial charge in [-0.1, -0.05) is 20.4 Å². The SMILES string of the molecule is C=C1C=C2NC(=O)C(CCCl)OC2=C1.CC. The Bertz CT molecular complexity index is 358. The highest BCUT2D eigenvalue weighted by molar-refractivity contribution is 6.18. The summed E-state index contributed by atoms with van der Waals surface area (Å²) in [5, 5.41) is 2.75. The number of hydrogen-bond donors (Lipinski definition) is 1. The van der Waals surface area contributed by atoms with Crippen molar-refractivity contribution >= 4 is 17.5 Å². The molecule has 1 heterocycles. The molecular formula is C12H16ClNO2. The van der Waals surface area contributed by atoms with E-state index >= 15 is 0 Å². The number of carbonyl (C=O) groups excluding carboxylic acids is 1. The van der Waals surface area contributed by atoms with Gasteiger partial charge in [0.25, 0.3) is 5.91 Å². The number of alkyl halides is 1. The van der Waals surface area contributed by atoms with Crippen LogP contribution in [-0.4, -0.2) is 17.9 Å². The monoisotopic (exact) mass is 241 g/mol. The van der Waals surface area contributed by atoms with Gasteiger partial charge >= 0.3 is 0 Å². The van der Waals surface area contributed by atoms with Gasteiger partial charge in [-0.3, -0.25) is 4.79 Å². The van der Waals surface area contributed by atoms with Crippen molar-refractivity contribution in [3.8, 4) is 0 Å². The zero-order chi connectivity index (χ0) is 12.1. The van der Waals surface area contributed by atoms with E-state index in [-0.39, 0.29) is 5.91 Å². The summed E-state index contributed by atoms with van der Waals surface area (Å²) >= 11 is 5.56. The van der Waals surface area contributed by atoms with Crippen molar-refractivity contribution < 1.29 is 9.53 Å². The standard InChI is InChI=1S/C10H10ClNO2.C2H6/c1-6-4-7-9(5-6)14-8(2-3-11)10(13)12-7;1-2/h4-5,8H,1-3H2,(H,12,13);1-2H3. The lowest BCUT2D eigenvalue weighted by Crippen LogP contribution is -2.41. The maximum atomic E-state index is 11.4. The van der Waals surface area contributed by atoms with E-state index in [9.17, 15) is 4.79 Å². The molecule has 0 aromatic carbocycles. The second-order valence-corrected chi connectivity index (χ2v) is 3.59. The summed E-state index contributed by atoms with van der Waals surface area (Å²) in [5.74, 6) is 0.958. The van der Waals surface area contributed by atoms with Gasteiger partial charge < -0.3 is 10.1 Å². The molecule has 1 unspecified atom stereocenters. The molecule has 16 heavy (non-hydrogen) atoms. The Labute approximate surface area is 101 Å². The van der Waals surface area contributed by atoms with Gasteiger partial charge in [0.05, 0.1) is 5.70 Å². The van der Waals surface area contributed by atoms with Crippen molar-refractivity contribution in [1.29, 1.82) is 0 Å². The number of ether oxygens (including phenoxy) is 1. The predicted molar refractivity (Wildman–Crippen MR) is 65.0 cm³/mol. The molecular weight excluding hydrogens is 226 g/mol. The average molecular weight is 242 g/mol. The molecule has 1 amide bonds. The van der Waals surface area contributed by atoms with Crippen LogP contribution >= 0.6 is 11.6 Å². The van der Waals surface area contributed by atoms with Crippen molar-refractivity contribution in [2.24, 2.45) is 0 Å². The van der Waals surface area contributed by atoms with E-state index in [0.29, 0.717) is 23.8 Å². The summed E-state index contributed by atoms with van der Waals surface area (Å²) in [6, 6.07) is 0. The largest absolute Gasteiger partial charge is 0.478 e. The van der Waals surface area contributed by atoms with Crippen LogP contribution < -0.4 is 5.32 Å². The number of carbonyl (C=O) groups is 1. The molecule has 0 bridgehead atoms. The molecule has 1 aliphatic heterocycles. The number of halogens is 1. The van der Waals surface area contributed by atoms with E-state index < -0.39 is 6.10 Å². The quantitative estimate of drug-likeness (QED) is 0.755. The van der Waals surface area contributed by atoms with E-state index in [1.807, 2.05) is 13.8 Å². The van der Waals surface area contributed by atoms with E-state index in [0.717, 1.165) is 5.57 Å². The molecule has 1 atom stereocenters. The molecule has 0 radical (unpaired) electrons. The van der Waals surface area contributed by atoms with Gasteiger partial charge in [-0.05, 0) is 17.7 Å². The lowest BCUT2D eigenvalue weighted by atomic mass is 10.2. The topological polar surface area (TPSA) is 38.3 Å². The van der Waals surface area contributed by atoms with E-state index in [4.69, 9.17) is 16.3 Å². The molecule has 2 rings (SSSR count). The minimum Gasteiger partial charge on any atom is -0.478 e. The Hall–Kier alpha value is -1.22. The zero-order valence-electron chi connectivity index (χ0n) is 9.55. The zero-order valence-corrected chi connectivity index (χ0v) is 10.3. The number of morpholine rings is 1. The lowest BCUT2D eigenvalue weighted by molar-refractivity contribution is -0.132. The van der Waals surface area contributed by atoms with Crippen LogP contribution in [-0.2, 0) is 9.53 Å². The Balaban J connectivity index is 0.000000606. The van der Waals surface area contributed by atoms with Gasteiger partial charge in [0.15, 0.2) is 6.10 Å². The van der Waals surface area contributed by atoms with Crippen LogP contribution in [0.2, 0.25) is 0 Å². The van der Waals surface area contributed by atoms with Crippen LogP contribution in [0.15, 0.2) is 35.8 Å². The first-order valence-electron chi connectivity index (χ1n) is 5.37. The minimum absolute atomic E-state index is 0.135. The summed E-state index contributed by atoms with van der Waals surface area (Å²) in [6.45, 7) is 7.76. The molecule has 0 saturated carbocycles. The van der Waals surface area contributed by atoms with Gasteiger partial charge in [-0.2, -0.15) is 0 Å². The Morgan fingerprint density at radius 1 is 1.50 bits per heavy atom. The second-order valence-electron chi connectivity index (χ2n) is 3.21. The van der Waals surface area contributed by atoms with Crippen LogP contribution in [0.5, 0.6) is 0 Å². The van der Waals surface area contributed by atoms with Gasteiger partial charge in [-0.15, -0.1) is 11.6 Å². The normalized spacial score (nSPS) is 22.1. The number of fused-ring (bicyclic) bond motifs is 1. The second kappa shape index (κ2) is 5.75. The molecule has 1 saturated heterocycles. The van der Waals surface area contributed by atoms with Crippen molar-refractivity contribution in [3.05, 3.63) is 35.8 Å². The minimum atomic E-state index is -0.471. The molecule has 0 aromatic heterocycles. The molecule has 1 fully saturated rings. The summed E-state index contributed by atoms with van der Waals surface area (Å²) in [7, 11) is 0. The van der Waals surface area contributed by atoms with E-state index in [2.05, 4.69) is 11.9 Å². The van der Waals surface area contributed by atoms with Crippen molar-refractivity contribution in [3.63, 3.8) is 0 Å². The fraction of sp³-hybridized carbons (Fsp3) is 0.417. The fourth-order valence-corrected chi connectivity index (χ4v) is 1.65. The summed E-state index contributed by atoms with van der Waals surface area (Å²) in [5.41, 5.74) is 1.53. The molecule has 88 valence electrons. The molecule has 4 heteroatoms. The van der Waals surface area contributed by atoms with Gasteiger partial charge in [0.2, 0.25) is 0 Å². The molecule has 0 aromatic rings. The van der Waals surface area contributed by atoms with Gasteiger partial charge in [-0.25, -0.2) is 0 Å². The molecule has 1 N–H and O–H groups in total. The predicted octanol–water partition coefficient (Wildman–Crippen LogP) is 2.49. The van der Waals surface area contributed by atoms with Crippen molar-refractivity contribution in [2.75, 3.05) is 5.88 Å². The third kappa shape index (κ3) is 2.67. The van der Waals surface area contributed by atoms with Crippen LogP contribution in [0.3, 0.4) is 0 Å². The van der Waals surface area contributed by atoms with Crippen LogP contribution in [0.4, 0.5) is 0 Å². The highest BCUT2D eigenvalue weighted by Crippen LogP contribution is 2.27. The first-order chi connectivity index (χ1) is 7.70. The maximum absolute atomic E-state index is 11.4. The highest BCUT2D eigenvalue weighted by atomic mass is 35.5. The van der Waals surface area contributed by atoms with Crippen LogP contribution in [0.1, 0.15) is 20.3 Å². The Morgan fingerprint density at radius 3 is 2.81 bits per heavy atom. The first kappa shape index (κ1) is 12.8. The third-order valence-corrected chi connectivity index (χ3v) is 2.32. The highest BCUT2D eigenvalue weighted by Gasteiger charge is 2.30. The lowest BCUT2D eigenvalue weighted by Gasteiger charge is -2.25. The van der Waals surface area contributed by atoms with Gasteiger partial charge in [0, 0.05) is 12.3 Å². The Kier molecular flexibility index (Phi) is 4.62. The van der Waals surface area contributed by atoms with E-state index in [1.165, 1.54) is 0 Å². The number of allylic oxidation sites excluding steroid dienone is 3. The van der Waals surface area contributed by atoms with Crippen molar-refractivity contribution in [2.45, 2.75) is 26.4 Å². The number of nitrogens with one attached hydrogen (secondary N) is 1. The molecule has 3 nitrogen and oxygen atoms in total. The van der Waals surface area contributed by atoms with Gasteiger partial charge in [0.1, 0.15) is 5.76 Å².